The number of likely N-dealkylation sites (N-methyl/N-ethyl adjacent to an activating group) is 2. The van der Waals surface area contributed by atoms with Crippen molar-refractivity contribution < 1.29 is 9.18 Å². The third-order valence-electron chi connectivity index (χ3n) is 2.95. The molecule has 0 fully saturated rings. The largest absolute Gasteiger partial charge is 0.343 e. The number of nitrogens with one attached hydrogen (secondary N) is 1. The first kappa shape index (κ1) is 16.4. The minimum atomic E-state index is -0.377. The number of carbonyl (C=O) groups is 1. The van der Waals surface area contributed by atoms with Crippen molar-refractivity contribution in [3.05, 3.63) is 30.1 Å². The van der Waals surface area contributed by atoms with Crippen LogP contribution in [0.4, 0.5) is 10.1 Å². The molecule has 0 aliphatic carbocycles. The Morgan fingerprint density at radius 1 is 1.30 bits per heavy atom. The Balaban J connectivity index is 2.60. The van der Waals surface area contributed by atoms with E-state index in [4.69, 9.17) is 12.2 Å². The molecule has 0 saturated heterocycles. The number of amides is 1. The normalized spacial score (nSPS) is 10.0. The van der Waals surface area contributed by atoms with E-state index in [0.29, 0.717) is 23.9 Å². The summed E-state index contributed by atoms with van der Waals surface area (Å²) in [5, 5.41) is 3.12. The topological polar surface area (TPSA) is 35.6 Å². The molecule has 4 nitrogen and oxygen atoms in total. The average molecular weight is 297 g/mol. The van der Waals surface area contributed by atoms with Gasteiger partial charge in [0.1, 0.15) is 5.82 Å². The van der Waals surface area contributed by atoms with Crippen molar-refractivity contribution >= 4 is 28.9 Å². The zero-order chi connectivity index (χ0) is 15.1. The Bertz CT molecular complexity index is 477. The van der Waals surface area contributed by atoms with E-state index in [1.807, 2.05) is 13.8 Å². The predicted octanol–water partition coefficient (Wildman–Crippen LogP) is 2.32. The van der Waals surface area contributed by atoms with Crippen LogP contribution in [0.25, 0.3) is 0 Å². The zero-order valence-corrected chi connectivity index (χ0v) is 12.8. The fourth-order valence-corrected chi connectivity index (χ4v) is 1.90. The highest BCUT2D eigenvalue weighted by Crippen LogP contribution is 2.12. The molecule has 0 radical (unpaired) electrons. The van der Waals surface area contributed by atoms with Crippen molar-refractivity contribution in [2.24, 2.45) is 0 Å². The molecule has 0 aliphatic heterocycles. The summed E-state index contributed by atoms with van der Waals surface area (Å²) in [5.41, 5.74) is 0.305. The second-order valence-electron chi connectivity index (χ2n) is 4.33. The maximum atomic E-state index is 13.5. The van der Waals surface area contributed by atoms with Crippen LogP contribution >= 0.6 is 12.2 Å². The van der Waals surface area contributed by atoms with Gasteiger partial charge in [-0.05, 0) is 38.2 Å². The molecule has 1 amide bonds. The summed E-state index contributed by atoms with van der Waals surface area (Å²) >= 11 is 5.17. The zero-order valence-electron chi connectivity index (χ0n) is 12.0. The number of carbonyl (C=O) groups excluding carboxylic acids is 1. The third-order valence-corrected chi connectivity index (χ3v) is 3.36. The Morgan fingerprint density at radius 2 is 1.90 bits per heavy atom. The van der Waals surface area contributed by atoms with Crippen molar-refractivity contribution in [3.63, 3.8) is 0 Å². The number of nitrogens with zero attached hydrogens (tertiary/aromatic N) is 2. The first-order valence-corrected chi connectivity index (χ1v) is 6.94. The first-order chi connectivity index (χ1) is 9.49. The highest BCUT2D eigenvalue weighted by molar-refractivity contribution is 7.80. The summed E-state index contributed by atoms with van der Waals surface area (Å²) in [6.45, 7) is 5.35. The van der Waals surface area contributed by atoms with E-state index in [1.54, 1.807) is 35.0 Å². The fourth-order valence-electron chi connectivity index (χ4n) is 1.72. The molecule has 0 spiro atoms. The van der Waals surface area contributed by atoms with Crippen LogP contribution in [0.2, 0.25) is 0 Å². The van der Waals surface area contributed by atoms with Crippen LogP contribution in [0.3, 0.4) is 0 Å². The molecule has 0 saturated carbocycles. The van der Waals surface area contributed by atoms with Gasteiger partial charge in [0.2, 0.25) is 5.91 Å². The summed E-state index contributed by atoms with van der Waals surface area (Å²) in [5.74, 6) is -0.381. The monoisotopic (exact) mass is 297 g/mol. The molecular formula is C14H20FN3OS. The Labute approximate surface area is 124 Å². The van der Waals surface area contributed by atoms with Gasteiger partial charge in [0.05, 0.1) is 12.2 Å². The van der Waals surface area contributed by atoms with Gasteiger partial charge < -0.3 is 15.1 Å². The maximum Gasteiger partial charge on any atom is 0.242 e. The predicted molar refractivity (Wildman–Crippen MR) is 83.2 cm³/mol. The van der Waals surface area contributed by atoms with E-state index in [1.165, 1.54) is 6.07 Å². The fraction of sp³-hybridized carbons (Fsp3) is 0.429. The molecule has 0 heterocycles. The average Bonchev–Trinajstić information content (AvgIpc) is 2.42. The molecule has 0 unspecified atom stereocenters. The molecule has 1 aromatic rings. The number of hydrogen-bond donors (Lipinski definition) is 1. The Hall–Kier alpha value is -1.69. The van der Waals surface area contributed by atoms with Gasteiger partial charge in [0.15, 0.2) is 5.11 Å². The van der Waals surface area contributed by atoms with Gasteiger partial charge in [-0.3, -0.25) is 4.79 Å². The minimum Gasteiger partial charge on any atom is -0.343 e. The highest BCUT2D eigenvalue weighted by Gasteiger charge is 2.15. The van der Waals surface area contributed by atoms with Gasteiger partial charge in [-0.2, -0.15) is 0 Å². The van der Waals surface area contributed by atoms with Crippen LogP contribution in [0.5, 0.6) is 0 Å². The molecule has 1 aromatic carbocycles. The quantitative estimate of drug-likeness (QED) is 0.846. The molecule has 110 valence electrons. The van der Waals surface area contributed by atoms with Crippen LogP contribution in [-0.4, -0.2) is 47.5 Å². The summed E-state index contributed by atoms with van der Waals surface area (Å²) in [7, 11) is 1.71. The lowest BCUT2D eigenvalue weighted by Crippen LogP contribution is -2.42. The van der Waals surface area contributed by atoms with E-state index in [-0.39, 0.29) is 18.3 Å². The van der Waals surface area contributed by atoms with Gasteiger partial charge in [-0.25, -0.2) is 4.39 Å². The molecule has 1 rings (SSSR count). The van der Waals surface area contributed by atoms with Crippen LogP contribution in [0.15, 0.2) is 24.3 Å². The molecule has 0 atom stereocenters. The summed E-state index contributed by atoms with van der Waals surface area (Å²) < 4.78 is 13.5. The van der Waals surface area contributed by atoms with Gasteiger partial charge in [-0.15, -0.1) is 0 Å². The van der Waals surface area contributed by atoms with Crippen molar-refractivity contribution in [3.8, 4) is 0 Å². The standard InChI is InChI=1S/C14H20FN3OS/c1-4-18(5-2)13(19)10-17(3)14(20)16-12-9-7-6-8-11(12)15/h6-9H,4-5,10H2,1-3H3,(H,16,20). The SMILES string of the molecule is CCN(CC)C(=O)CN(C)C(=S)Nc1ccccc1F. The van der Waals surface area contributed by atoms with Gasteiger partial charge >= 0.3 is 0 Å². The second-order valence-corrected chi connectivity index (χ2v) is 4.72. The lowest BCUT2D eigenvalue weighted by atomic mass is 10.3. The number of halogens is 1. The Morgan fingerprint density at radius 3 is 2.45 bits per heavy atom. The van der Waals surface area contributed by atoms with E-state index in [0.717, 1.165) is 0 Å². The van der Waals surface area contributed by atoms with E-state index >= 15 is 0 Å². The molecular weight excluding hydrogens is 277 g/mol. The van der Waals surface area contributed by atoms with Gasteiger partial charge in [0, 0.05) is 20.1 Å². The number of thiocarbonyl (C=S) groups is 1. The molecule has 1 N–H and O–H groups in total. The van der Waals surface area contributed by atoms with E-state index < -0.39 is 0 Å². The number of rotatable bonds is 5. The van der Waals surface area contributed by atoms with E-state index in [9.17, 15) is 9.18 Å². The summed E-state index contributed by atoms with van der Waals surface area (Å²) in [6, 6.07) is 6.28. The van der Waals surface area contributed by atoms with Crippen molar-refractivity contribution in [2.45, 2.75) is 13.8 Å². The lowest BCUT2D eigenvalue weighted by Gasteiger charge is -2.25. The number of hydrogen-bond acceptors (Lipinski definition) is 2. The van der Waals surface area contributed by atoms with Gasteiger partial charge in [0.25, 0.3) is 0 Å². The maximum absolute atomic E-state index is 13.5. The van der Waals surface area contributed by atoms with Crippen LogP contribution in [-0.2, 0) is 4.79 Å². The third kappa shape index (κ3) is 4.45. The molecule has 20 heavy (non-hydrogen) atoms. The number of para-hydroxylation sites is 1. The number of anilines is 1. The van der Waals surface area contributed by atoms with Crippen molar-refractivity contribution in [1.29, 1.82) is 0 Å². The van der Waals surface area contributed by atoms with E-state index in [2.05, 4.69) is 5.32 Å². The summed E-state index contributed by atoms with van der Waals surface area (Å²) in [6.07, 6.45) is 0. The van der Waals surface area contributed by atoms with Gasteiger partial charge in [-0.1, -0.05) is 12.1 Å². The van der Waals surface area contributed by atoms with Crippen molar-refractivity contribution in [2.75, 3.05) is 32.0 Å². The van der Waals surface area contributed by atoms with Crippen LogP contribution in [0, 0.1) is 5.82 Å². The molecule has 6 heteroatoms. The van der Waals surface area contributed by atoms with Crippen molar-refractivity contribution in [1.82, 2.24) is 9.80 Å². The molecule has 0 aliphatic rings. The highest BCUT2D eigenvalue weighted by atomic mass is 32.1. The number of benzene rings is 1. The van der Waals surface area contributed by atoms with Crippen LogP contribution in [0.1, 0.15) is 13.8 Å². The first-order valence-electron chi connectivity index (χ1n) is 6.54. The summed E-state index contributed by atoms with van der Waals surface area (Å²) in [4.78, 5) is 15.3. The molecule has 0 bridgehead atoms. The Kier molecular flexibility index (Phi) is 6.38. The molecule has 0 aromatic heterocycles. The van der Waals surface area contributed by atoms with Crippen LogP contribution < -0.4 is 5.32 Å². The minimum absolute atomic E-state index is 0.00446. The lowest BCUT2D eigenvalue weighted by molar-refractivity contribution is -0.130. The smallest absolute Gasteiger partial charge is 0.242 e. The second kappa shape index (κ2) is 7.79.